The lowest BCUT2D eigenvalue weighted by atomic mass is 10.0. The Bertz CT molecular complexity index is 623. The molecule has 2 nitrogen and oxygen atoms in total. The van der Waals surface area contributed by atoms with Crippen LogP contribution in [0.25, 0.3) is 11.1 Å². The van der Waals surface area contributed by atoms with Crippen LogP contribution in [0, 0.1) is 0 Å². The monoisotopic (exact) mass is 296 g/mol. The van der Waals surface area contributed by atoms with Gasteiger partial charge in [-0.15, -0.1) is 0 Å². The van der Waals surface area contributed by atoms with Gasteiger partial charge in [-0.05, 0) is 41.0 Å². The molecule has 0 aromatic heterocycles. The van der Waals surface area contributed by atoms with E-state index in [1.165, 1.54) is 24.3 Å². The highest BCUT2D eigenvalue weighted by atomic mass is 32.2. The Labute approximate surface area is 118 Å². The van der Waals surface area contributed by atoms with Gasteiger partial charge in [-0.2, -0.15) is 13.2 Å². The minimum Gasteiger partial charge on any atom is -0.317 e. The van der Waals surface area contributed by atoms with Gasteiger partial charge in [0, 0.05) is 24.4 Å². The van der Waals surface area contributed by atoms with Crippen LogP contribution in [0.1, 0.15) is 11.1 Å². The van der Waals surface area contributed by atoms with Crippen molar-refractivity contribution in [3.8, 4) is 11.1 Å². The summed E-state index contributed by atoms with van der Waals surface area (Å²) in [5.41, 5.74) is 3.19. The number of benzene rings is 2. The van der Waals surface area contributed by atoms with Gasteiger partial charge >= 0.3 is 6.18 Å². The molecule has 1 aliphatic heterocycles. The molecule has 1 heterocycles. The van der Waals surface area contributed by atoms with Crippen molar-refractivity contribution in [1.29, 1.82) is 0 Å². The van der Waals surface area contributed by atoms with E-state index < -0.39 is 11.7 Å². The first kappa shape index (κ1) is 13.3. The average Bonchev–Trinajstić information content (AvgIpc) is 2.46. The second-order valence-electron chi connectivity index (χ2n) is 4.47. The van der Waals surface area contributed by atoms with Crippen LogP contribution < -0.4 is 9.44 Å². The molecule has 2 aromatic carbocycles. The van der Waals surface area contributed by atoms with Gasteiger partial charge in [-0.1, -0.05) is 18.2 Å². The number of rotatable bonds is 1. The predicted molar refractivity (Wildman–Crippen MR) is 74.9 cm³/mol. The van der Waals surface area contributed by atoms with Crippen LogP contribution in [0.15, 0.2) is 42.5 Å². The van der Waals surface area contributed by atoms with E-state index in [-0.39, 0.29) is 0 Å². The molecule has 0 amide bonds. The molecule has 0 fully saturated rings. The first-order valence-corrected chi connectivity index (χ1v) is 6.81. The number of halogens is 3. The van der Waals surface area contributed by atoms with E-state index >= 15 is 0 Å². The van der Waals surface area contributed by atoms with E-state index in [4.69, 9.17) is 0 Å². The van der Waals surface area contributed by atoms with Crippen LogP contribution in [0.2, 0.25) is 0 Å². The summed E-state index contributed by atoms with van der Waals surface area (Å²) >= 11 is 1.42. The Kier molecular flexibility index (Phi) is 3.35. The summed E-state index contributed by atoms with van der Waals surface area (Å²) in [5, 5.41) is 0. The number of hydrogen-bond donors (Lipinski definition) is 2. The highest BCUT2D eigenvalue weighted by Gasteiger charge is 2.29. The zero-order valence-corrected chi connectivity index (χ0v) is 11.1. The highest BCUT2D eigenvalue weighted by Crippen LogP contribution is 2.32. The molecule has 2 N–H and O–H groups in total. The van der Waals surface area contributed by atoms with Crippen LogP contribution in [0.5, 0.6) is 0 Å². The Morgan fingerprint density at radius 3 is 2.35 bits per heavy atom. The molecule has 3 rings (SSSR count). The summed E-state index contributed by atoms with van der Waals surface area (Å²) in [6.07, 6.45) is -4.29. The maximum Gasteiger partial charge on any atom is 0.416 e. The number of hydrogen-bond acceptors (Lipinski definition) is 3. The number of nitrogens with one attached hydrogen (secondary N) is 2. The van der Waals surface area contributed by atoms with E-state index in [2.05, 4.69) is 9.44 Å². The zero-order chi connectivity index (χ0) is 14.2. The average molecular weight is 296 g/mol. The summed E-state index contributed by atoms with van der Waals surface area (Å²) in [6, 6.07) is 11.1. The maximum atomic E-state index is 12.5. The Morgan fingerprint density at radius 1 is 0.950 bits per heavy atom. The third kappa shape index (κ3) is 2.62. The molecule has 0 bridgehead atoms. The van der Waals surface area contributed by atoms with Crippen molar-refractivity contribution in [1.82, 2.24) is 4.72 Å². The minimum absolute atomic E-state index is 0.626. The zero-order valence-electron chi connectivity index (χ0n) is 10.3. The van der Waals surface area contributed by atoms with Crippen molar-refractivity contribution in [3.63, 3.8) is 0 Å². The molecule has 0 atom stereocenters. The third-order valence-corrected chi connectivity index (χ3v) is 3.76. The lowest BCUT2D eigenvalue weighted by Gasteiger charge is -2.18. The number of fused-ring (bicyclic) bond motifs is 1. The summed E-state index contributed by atoms with van der Waals surface area (Å²) < 4.78 is 43.8. The van der Waals surface area contributed by atoms with E-state index in [1.807, 2.05) is 18.2 Å². The Morgan fingerprint density at radius 2 is 1.65 bits per heavy atom. The normalized spacial score (nSPS) is 14.6. The molecule has 6 heteroatoms. The van der Waals surface area contributed by atoms with Crippen molar-refractivity contribution < 1.29 is 13.2 Å². The standard InChI is InChI=1S/C14H11F3N2S/c15-14(16,17)12-4-1-9(2-5-12)10-3-6-13-11(7-10)8-18-20-19-13/h1-7,18-19H,8H2. The minimum atomic E-state index is -4.29. The van der Waals surface area contributed by atoms with Crippen LogP contribution in [-0.2, 0) is 12.7 Å². The van der Waals surface area contributed by atoms with Gasteiger partial charge in [0.15, 0.2) is 0 Å². The SMILES string of the molecule is FC(F)(F)c1ccc(-c2ccc3c(c2)CNSN3)cc1. The quantitative estimate of drug-likeness (QED) is 0.760. The fourth-order valence-corrected chi connectivity index (χ4v) is 2.68. The molecule has 0 spiro atoms. The number of anilines is 1. The van der Waals surface area contributed by atoms with E-state index in [0.29, 0.717) is 0 Å². The largest absolute Gasteiger partial charge is 0.416 e. The second-order valence-corrected chi connectivity index (χ2v) is 5.17. The molecular formula is C14H11F3N2S. The molecule has 2 aromatic rings. The molecular weight excluding hydrogens is 285 g/mol. The van der Waals surface area contributed by atoms with Crippen molar-refractivity contribution in [2.45, 2.75) is 12.7 Å². The molecule has 0 radical (unpaired) electrons. The highest BCUT2D eigenvalue weighted by molar-refractivity contribution is 7.98. The molecule has 20 heavy (non-hydrogen) atoms. The maximum absolute atomic E-state index is 12.5. The van der Waals surface area contributed by atoms with Crippen LogP contribution >= 0.6 is 12.1 Å². The van der Waals surface area contributed by atoms with Gasteiger partial charge in [0.2, 0.25) is 0 Å². The van der Waals surface area contributed by atoms with E-state index in [0.717, 1.165) is 41.1 Å². The van der Waals surface area contributed by atoms with Crippen molar-refractivity contribution in [2.75, 3.05) is 4.72 Å². The first-order chi connectivity index (χ1) is 9.54. The topological polar surface area (TPSA) is 24.1 Å². The van der Waals surface area contributed by atoms with Crippen LogP contribution in [0.4, 0.5) is 18.9 Å². The number of alkyl halides is 3. The molecule has 1 aliphatic rings. The van der Waals surface area contributed by atoms with Gasteiger partial charge in [0.1, 0.15) is 0 Å². The molecule has 104 valence electrons. The molecule has 0 saturated heterocycles. The van der Waals surface area contributed by atoms with E-state index in [9.17, 15) is 13.2 Å². The second kappa shape index (κ2) is 5.03. The van der Waals surface area contributed by atoms with Gasteiger partial charge in [0.05, 0.1) is 5.56 Å². The summed E-state index contributed by atoms with van der Waals surface area (Å²) in [4.78, 5) is 0. The molecule has 0 saturated carbocycles. The fraction of sp³-hybridized carbons (Fsp3) is 0.143. The lowest BCUT2D eigenvalue weighted by Crippen LogP contribution is -2.14. The summed E-state index contributed by atoms with van der Waals surface area (Å²) in [6.45, 7) is 0.724. The Hall–Kier alpha value is -1.66. The van der Waals surface area contributed by atoms with Gasteiger partial charge < -0.3 is 4.72 Å². The first-order valence-electron chi connectivity index (χ1n) is 5.99. The predicted octanol–water partition coefficient (Wildman–Crippen LogP) is 4.45. The smallest absolute Gasteiger partial charge is 0.317 e. The van der Waals surface area contributed by atoms with E-state index in [1.54, 1.807) is 0 Å². The van der Waals surface area contributed by atoms with Crippen LogP contribution in [0.3, 0.4) is 0 Å². The van der Waals surface area contributed by atoms with Crippen molar-refractivity contribution in [3.05, 3.63) is 53.6 Å². The van der Waals surface area contributed by atoms with Crippen LogP contribution in [-0.4, -0.2) is 0 Å². The van der Waals surface area contributed by atoms with Gasteiger partial charge in [-0.25, -0.2) is 4.72 Å². The third-order valence-electron chi connectivity index (χ3n) is 3.15. The summed E-state index contributed by atoms with van der Waals surface area (Å²) in [5.74, 6) is 0. The van der Waals surface area contributed by atoms with Crippen molar-refractivity contribution in [2.24, 2.45) is 0 Å². The van der Waals surface area contributed by atoms with Gasteiger partial charge in [0.25, 0.3) is 0 Å². The molecule has 0 unspecified atom stereocenters. The van der Waals surface area contributed by atoms with Gasteiger partial charge in [-0.3, -0.25) is 0 Å². The molecule has 0 aliphatic carbocycles. The summed E-state index contributed by atoms with van der Waals surface area (Å²) in [7, 11) is 0. The fourth-order valence-electron chi connectivity index (χ4n) is 2.08. The lowest BCUT2D eigenvalue weighted by molar-refractivity contribution is -0.137. The van der Waals surface area contributed by atoms with Crippen molar-refractivity contribution >= 4 is 17.8 Å². The Balaban J connectivity index is 1.93.